The normalized spacial score (nSPS) is 19.1. The quantitative estimate of drug-likeness (QED) is 0.353. The lowest BCUT2D eigenvalue weighted by Crippen LogP contribution is -2.47. The molecule has 0 atom stereocenters. The predicted molar refractivity (Wildman–Crippen MR) is 84.7 cm³/mol. The van der Waals surface area contributed by atoms with Crippen molar-refractivity contribution in [1.82, 2.24) is 9.80 Å². The molecule has 2 heterocycles. The summed E-state index contributed by atoms with van der Waals surface area (Å²) in [6.07, 6.45) is 1.19. The molecule has 2 aliphatic heterocycles. The molecule has 0 unspecified atom stereocenters. The average Bonchev–Trinajstić information content (AvgIpc) is 2.59. The SMILES string of the molecule is CCOC(=O)N1CCN(C=C2C(=O)Oc3ccccc3C2=O)CC1. The smallest absolute Gasteiger partial charge is 0.409 e. The Morgan fingerprint density at radius 3 is 2.62 bits per heavy atom. The van der Waals surface area contributed by atoms with Gasteiger partial charge in [-0.05, 0) is 19.1 Å². The van der Waals surface area contributed by atoms with Crippen LogP contribution in [-0.4, -0.2) is 60.4 Å². The highest BCUT2D eigenvalue weighted by Crippen LogP contribution is 2.27. The van der Waals surface area contributed by atoms with Crippen molar-refractivity contribution in [3.05, 3.63) is 41.6 Å². The Morgan fingerprint density at radius 2 is 1.92 bits per heavy atom. The van der Waals surface area contributed by atoms with Crippen molar-refractivity contribution in [1.29, 1.82) is 0 Å². The first kappa shape index (κ1) is 16.0. The lowest BCUT2D eigenvalue weighted by atomic mass is 10.0. The van der Waals surface area contributed by atoms with E-state index in [9.17, 15) is 14.4 Å². The average molecular weight is 330 g/mol. The third-order valence-electron chi connectivity index (χ3n) is 3.95. The van der Waals surface area contributed by atoms with Gasteiger partial charge in [0.1, 0.15) is 11.3 Å². The molecule has 1 aromatic carbocycles. The summed E-state index contributed by atoms with van der Waals surface area (Å²) in [5, 5.41) is 0. The van der Waals surface area contributed by atoms with Gasteiger partial charge in [0, 0.05) is 32.4 Å². The fourth-order valence-electron chi connectivity index (χ4n) is 2.68. The Hall–Kier alpha value is -2.83. The predicted octanol–water partition coefficient (Wildman–Crippen LogP) is 1.45. The monoisotopic (exact) mass is 330 g/mol. The van der Waals surface area contributed by atoms with Crippen LogP contribution in [0.5, 0.6) is 5.75 Å². The number of esters is 1. The van der Waals surface area contributed by atoms with Crippen LogP contribution in [0, 0.1) is 0 Å². The van der Waals surface area contributed by atoms with Crippen LogP contribution in [0.3, 0.4) is 0 Å². The number of amides is 1. The van der Waals surface area contributed by atoms with Gasteiger partial charge in [-0.15, -0.1) is 0 Å². The second-order valence-corrected chi connectivity index (χ2v) is 5.48. The highest BCUT2D eigenvalue weighted by atomic mass is 16.6. The molecule has 0 N–H and O–H groups in total. The van der Waals surface area contributed by atoms with Gasteiger partial charge >= 0.3 is 12.1 Å². The summed E-state index contributed by atoms with van der Waals surface area (Å²) in [6.45, 7) is 4.08. The van der Waals surface area contributed by atoms with Gasteiger partial charge < -0.3 is 19.3 Å². The Bertz CT molecular complexity index is 705. The first-order chi connectivity index (χ1) is 11.6. The van der Waals surface area contributed by atoms with Gasteiger partial charge in [0.2, 0.25) is 5.78 Å². The first-order valence-corrected chi connectivity index (χ1v) is 7.83. The molecule has 0 saturated carbocycles. The van der Waals surface area contributed by atoms with E-state index in [-0.39, 0.29) is 23.2 Å². The molecule has 126 valence electrons. The van der Waals surface area contributed by atoms with Crippen LogP contribution < -0.4 is 4.74 Å². The van der Waals surface area contributed by atoms with E-state index >= 15 is 0 Å². The maximum absolute atomic E-state index is 12.5. The standard InChI is InChI=1S/C17H18N2O5/c1-2-23-17(22)19-9-7-18(8-10-19)11-13-15(20)12-5-3-4-6-14(12)24-16(13)21/h3-6,11H,2,7-10H2,1H3. The van der Waals surface area contributed by atoms with Crippen molar-refractivity contribution in [3.8, 4) is 5.75 Å². The minimum absolute atomic E-state index is 0.0123. The second kappa shape index (κ2) is 6.74. The maximum atomic E-state index is 12.5. The summed E-state index contributed by atoms with van der Waals surface area (Å²) >= 11 is 0. The molecule has 7 nitrogen and oxygen atoms in total. The van der Waals surface area contributed by atoms with E-state index in [1.807, 2.05) is 4.90 Å². The van der Waals surface area contributed by atoms with Gasteiger partial charge in [0.25, 0.3) is 0 Å². The largest absolute Gasteiger partial charge is 0.450 e. The fraction of sp³-hybridized carbons (Fsp3) is 0.353. The molecule has 0 spiro atoms. The molecular formula is C17H18N2O5. The third kappa shape index (κ3) is 3.10. The lowest BCUT2D eigenvalue weighted by Gasteiger charge is -2.33. The molecule has 0 aromatic heterocycles. The van der Waals surface area contributed by atoms with Crippen molar-refractivity contribution < 1.29 is 23.9 Å². The molecule has 1 amide bonds. The zero-order chi connectivity index (χ0) is 17.1. The van der Waals surface area contributed by atoms with Crippen molar-refractivity contribution in [3.63, 3.8) is 0 Å². The maximum Gasteiger partial charge on any atom is 0.409 e. The molecular weight excluding hydrogens is 312 g/mol. The molecule has 24 heavy (non-hydrogen) atoms. The minimum Gasteiger partial charge on any atom is -0.450 e. The van der Waals surface area contributed by atoms with Gasteiger partial charge in [0.05, 0.1) is 12.2 Å². The highest BCUT2D eigenvalue weighted by molar-refractivity contribution is 6.27. The van der Waals surface area contributed by atoms with Crippen LogP contribution in [0.15, 0.2) is 36.0 Å². The van der Waals surface area contributed by atoms with Crippen molar-refractivity contribution in [2.45, 2.75) is 6.92 Å². The van der Waals surface area contributed by atoms with Gasteiger partial charge in [-0.25, -0.2) is 9.59 Å². The Balaban J connectivity index is 1.70. The van der Waals surface area contributed by atoms with Crippen LogP contribution in [0.4, 0.5) is 4.79 Å². The Labute approximate surface area is 139 Å². The minimum atomic E-state index is -0.647. The van der Waals surface area contributed by atoms with Crippen LogP contribution in [0.2, 0.25) is 0 Å². The molecule has 3 rings (SSSR count). The van der Waals surface area contributed by atoms with Crippen molar-refractivity contribution in [2.24, 2.45) is 0 Å². The van der Waals surface area contributed by atoms with E-state index in [0.717, 1.165) is 0 Å². The Kier molecular flexibility index (Phi) is 4.50. The van der Waals surface area contributed by atoms with E-state index in [0.29, 0.717) is 38.3 Å². The van der Waals surface area contributed by atoms with E-state index in [2.05, 4.69) is 0 Å². The Morgan fingerprint density at radius 1 is 1.21 bits per heavy atom. The lowest BCUT2D eigenvalue weighted by molar-refractivity contribution is -0.130. The van der Waals surface area contributed by atoms with Gasteiger partial charge in [-0.3, -0.25) is 4.79 Å². The van der Waals surface area contributed by atoms with E-state index in [1.54, 1.807) is 36.1 Å². The molecule has 0 aliphatic carbocycles. The second-order valence-electron chi connectivity index (χ2n) is 5.48. The number of carbonyl (C=O) groups is 3. The van der Waals surface area contributed by atoms with Gasteiger partial charge in [-0.1, -0.05) is 12.1 Å². The fourth-order valence-corrected chi connectivity index (χ4v) is 2.68. The number of carbonyl (C=O) groups excluding carboxylic acids is 3. The highest BCUT2D eigenvalue weighted by Gasteiger charge is 2.31. The zero-order valence-corrected chi connectivity index (χ0v) is 13.4. The number of hydrogen-bond acceptors (Lipinski definition) is 6. The summed E-state index contributed by atoms with van der Waals surface area (Å²) in [5.41, 5.74) is 0.395. The number of piperazine rings is 1. The van der Waals surface area contributed by atoms with E-state index < -0.39 is 5.97 Å². The summed E-state index contributed by atoms with van der Waals surface area (Å²) < 4.78 is 10.2. The molecule has 0 radical (unpaired) electrons. The van der Waals surface area contributed by atoms with Crippen LogP contribution in [0.1, 0.15) is 17.3 Å². The first-order valence-electron chi connectivity index (χ1n) is 7.83. The number of nitrogens with zero attached hydrogens (tertiary/aromatic N) is 2. The number of hydrogen-bond donors (Lipinski definition) is 0. The summed E-state index contributed by atoms with van der Waals surface area (Å²) in [6, 6.07) is 6.67. The number of benzene rings is 1. The molecule has 0 bridgehead atoms. The third-order valence-corrected chi connectivity index (χ3v) is 3.95. The molecule has 1 saturated heterocycles. The number of ketones is 1. The number of Topliss-reactive ketones (excluding diaryl/α,β-unsaturated/α-hetero) is 1. The van der Waals surface area contributed by atoms with Crippen LogP contribution in [0.25, 0.3) is 0 Å². The number of para-hydroxylation sites is 1. The van der Waals surface area contributed by atoms with Crippen LogP contribution >= 0.6 is 0 Å². The molecule has 1 fully saturated rings. The topological polar surface area (TPSA) is 76.2 Å². The van der Waals surface area contributed by atoms with Crippen molar-refractivity contribution in [2.75, 3.05) is 32.8 Å². The molecule has 1 aromatic rings. The number of rotatable bonds is 2. The van der Waals surface area contributed by atoms with Gasteiger partial charge in [0.15, 0.2) is 0 Å². The van der Waals surface area contributed by atoms with Crippen LogP contribution in [-0.2, 0) is 9.53 Å². The van der Waals surface area contributed by atoms with E-state index in [1.165, 1.54) is 6.20 Å². The van der Waals surface area contributed by atoms with Crippen molar-refractivity contribution >= 4 is 17.8 Å². The summed E-state index contributed by atoms with van der Waals surface area (Å²) in [5.74, 6) is -0.696. The summed E-state index contributed by atoms with van der Waals surface area (Å²) in [7, 11) is 0. The summed E-state index contributed by atoms with van der Waals surface area (Å²) in [4.78, 5) is 39.7. The number of ether oxygens (including phenoxy) is 2. The van der Waals surface area contributed by atoms with Gasteiger partial charge in [-0.2, -0.15) is 0 Å². The number of fused-ring (bicyclic) bond motifs is 1. The van der Waals surface area contributed by atoms with E-state index in [4.69, 9.17) is 9.47 Å². The molecule has 2 aliphatic rings. The zero-order valence-electron chi connectivity index (χ0n) is 13.4. The molecule has 7 heteroatoms.